The summed E-state index contributed by atoms with van der Waals surface area (Å²) in [6.45, 7) is 2.33. The van der Waals surface area contributed by atoms with Gasteiger partial charge in [0.2, 0.25) is 11.8 Å². The number of hydrazine groups is 1. The molecule has 2 unspecified atom stereocenters. The van der Waals surface area contributed by atoms with Gasteiger partial charge in [-0.3, -0.25) is 9.59 Å². The molecule has 0 aliphatic carbocycles. The molecular weight excluding hydrogens is 356 g/mol. The summed E-state index contributed by atoms with van der Waals surface area (Å²) in [5.41, 5.74) is 8.01. The number of ether oxygens (including phenoxy) is 1. The molecule has 7 heteroatoms. The Labute approximate surface area is 165 Å². The molecule has 28 heavy (non-hydrogen) atoms. The van der Waals surface area contributed by atoms with Crippen molar-refractivity contribution in [3.63, 3.8) is 0 Å². The number of methoxy groups -OCH3 is 1. The van der Waals surface area contributed by atoms with E-state index >= 15 is 0 Å². The predicted octanol–water partition coefficient (Wildman–Crippen LogP) is 2.09. The number of amides is 2. The summed E-state index contributed by atoms with van der Waals surface area (Å²) in [4.78, 5) is 26.8. The van der Waals surface area contributed by atoms with Gasteiger partial charge in [0.25, 0.3) is 0 Å². The van der Waals surface area contributed by atoms with Crippen molar-refractivity contribution >= 4 is 17.5 Å². The van der Waals surface area contributed by atoms with E-state index < -0.39 is 0 Å². The molecule has 148 valence electrons. The number of nitrogens with zero attached hydrogens (tertiary/aromatic N) is 1. The number of carbonyl (C=O) groups excluding carboxylic acids is 2. The number of rotatable bonds is 7. The lowest BCUT2D eigenvalue weighted by atomic mass is 10.0. The zero-order chi connectivity index (χ0) is 19.9. The summed E-state index contributed by atoms with van der Waals surface area (Å²) < 4.78 is 5.16. The van der Waals surface area contributed by atoms with Crippen LogP contribution in [0, 0.1) is 0 Å². The number of anilines is 1. The van der Waals surface area contributed by atoms with Gasteiger partial charge in [-0.1, -0.05) is 36.4 Å². The first kappa shape index (κ1) is 19.9. The smallest absolute Gasteiger partial charge is 0.243 e. The lowest BCUT2D eigenvalue weighted by Gasteiger charge is -2.23. The quantitative estimate of drug-likeness (QED) is 0.683. The minimum absolute atomic E-state index is 0.000721. The van der Waals surface area contributed by atoms with Crippen molar-refractivity contribution in [1.29, 1.82) is 0 Å². The van der Waals surface area contributed by atoms with Gasteiger partial charge >= 0.3 is 0 Å². The Kier molecular flexibility index (Phi) is 6.62. The highest BCUT2D eigenvalue weighted by atomic mass is 16.5. The number of nitrogens with one attached hydrogen (secondary N) is 3. The third-order valence-electron chi connectivity index (χ3n) is 4.78. The molecule has 3 rings (SSSR count). The maximum atomic E-state index is 12.9. The molecule has 1 saturated heterocycles. The van der Waals surface area contributed by atoms with Crippen LogP contribution in [0.5, 0.6) is 5.75 Å². The average molecular weight is 382 g/mol. The second-order valence-corrected chi connectivity index (χ2v) is 6.67. The van der Waals surface area contributed by atoms with Gasteiger partial charge < -0.3 is 15.0 Å². The summed E-state index contributed by atoms with van der Waals surface area (Å²) >= 11 is 0. The van der Waals surface area contributed by atoms with Gasteiger partial charge in [0.1, 0.15) is 11.8 Å². The molecule has 0 radical (unpaired) electrons. The van der Waals surface area contributed by atoms with Gasteiger partial charge in [0, 0.05) is 24.3 Å². The molecule has 7 nitrogen and oxygen atoms in total. The Bertz CT molecular complexity index is 812. The highest BCUT2D eigenvalue weighted by molar-refractivity contribution is 5.95. The largest absolute Gasteiger partial charge is 0.497 e. The van der Waals surface area contributed by atoms with Crippen molar-refractivity contribution in [2.75, 3.05) is 25.5 Å². The molecule has 1 aliphatic rings. The van der Waals surface area contributed by atoms with E-state index in [-0.39, 0.29) is 30.4 Å². The standard InChI is InChI=1S/C21H26N4O3/c1-3-25(14-20(26)22-16-10-7-11-17(12-16)28-2)21(27)19-13-18(23-24-19)15-8-5-4-6-9-15/h4-12,18-19,23-24H,3,13-14H2,1-2H3,(H,22,26). The normalized spacial score (nSPS) is 18.5. The Hall–Kier alpha value is -2.90. The average Bonchev–Trinajstić information content (AvgIpc) is 3.22. The van der Waals surface area contributed by atoms with Crippen LogP contribution in [0.4, 0.5) is 5.69 Å². The Morgan fingerprint density at radius 1 is 1.14 bits per heavy atom. The van der Waals surface area contributed by atoms with Crippen LogP contribution in [-0.4, -0.2) is 43.0 Å². The summed E-state index contributed by atoms with van der Waals surface area (Å²) in [7, 11) is 1.57. The fraction of sp³-hybridized carbons (Fsp3) is 0.333. The Morgan fingerprint density at radius 3 is 2.64 bits per heavy atom. The molecule has 0 bridgehead atoms. The van der Waals surface area contributed by atoms with Crippen LogP contribution in [0.3, 0.4) is 0 Å². The maximum absolute atomic E-state index is 12.9. The van der Waals surface area contributed by atoms with E-state index in [0.29, 0.717) is 24.4 Å². The van der Waals surface area contributed by atoms with Crippen molar-refractivity contribution in [2.45, 2.75) is 25.4 Å². The van der Waals surface area contributed by atoms with E-state index in [9.17, 15) is 9.59 Å². The lowest BCUT2D eigenvalue weighted by molar-refractivity contribution is -0.136. The molecule has 0 spiro atoms. The van der Waals surface area contributed by atoms with Crippen LogP contribution in [0.1, 0.15) is 24.9 Å². The predicted molar refractivity (Wildman–Crippen MR) is 108 cm³/mol. The Balaban J connectivity index is 1.57. The molecular formula is C21H26N4O3. The number of hydrogen-bond donors (Lipinski definition) is 3. The van der Waals surface area contributed by atoms with Crippen LogP contribution >= 0.6 is 0 Å². The molecule has 1 heterocycles. The van der Waals surface area contributed by atoms with E-state index in [0.717, 1.165) is 5.56 Å². The summed E-state index contributed by atoms with van der Waals surface area (Å²) in [6, 6.07) is 16.8. The van der Waals surface area contributed by atoms with E-state index in [1.165, 1.54) is 0 Å². The topological polar surface area (TPSA) is 82.7 Å². The molecule has 1 fully saturated rings. The van der Waals surface area contributed by atoms with E-state index in [2.05, 4.69) is 16.2 Å². The Morgan fingerprint density at radius 2 is 1.93 bits per heavy atom. The molecule has 3 N–H and O–H groups in total. The third-order valence-corrected chi connectivity index (χ3v) is 4.78. The van der Waals surface area contributed by atoms with Gasteiger partial charge in [-0.05, 0) is 31.0 Å². The van der Waals surface area contributed by atoms with Crippen molar-refractivity contribution in [3.05, 3.63) is 60.2 Å². The second-order valence-electron chi connectivity index (χ2n) is 6.67. The summed E-state index contributed by atoms with van der Waals surface area (Å²) in [5.74, 6) is 0.331. The first-order valence-electron chi connectivity index (χ1n) is 9.39. The molecule has 0 aromatic heterocycles. The van der Waals surface area contributed by atoms with Gasteiger partial charge in [0.05, 0.1) is 13.7 Å². The zero-order valence-corrected chi connectivity index (χ0v) is 16.1. The fourth-order valence-electron chi connectivity index (χ4n) is 3.26. The number of benzene rings is 2. The zero-order valence-electron chi connectivity index (χ0n) is 16.1. The van der Waals surface area contributed by atoms with Crippen LogP contribution in [-0.2, 0) is 9.59 Å². The van der Waals surface area contributed by atoms with Gasteiger partial charge in [-0.25, -0.2) is 10.9 Å². The maximum Gasteiger partial charge on any atom is 0.243 e. The van der Waals surface area contributed by atoms with E-state index in [1.54, 1.807) is 36.3 Å². The summed E-state index contributed by atoms with van der Waals surface area (Å²) in [6.07, 6.45) is 0.636. The number of likely N-dealkylation sites (N-methyl/N-ethyl adjacent to an activating group) is 1. The van der Waals surface area contributed by atoms with Crippen LogP contribution in [0.25, 0.3) is 0 Å². The van der Waals surface area contributed by atoms with Gasteiger partial charge in [-0.2, -0.15) is 0 Å². The molecule has 0 saturated carbocycles. The van der Waals surface area contributed by atoms with Crippen molar-refractivity contribution in [3.8, 4) is 5.75 Å². The van der Waals surface area contributed by atoms with E-state index in [4.69, 9.17) is 4.74 Å². The van der Waals surface area contributed by atoms with Crippen LogP contribution in [0.15, 0.2) is 54.6 Å². The third kappa shape index (κ3) is 4.88. The molecule has 2 atom stereocenters. The van der Waals surface area contributed by atoms with Gasteiger partial charge in [0.15, 0.2) is 0 Å². The van der Waals surface area contributed by atoms with Crippen molar-refractivity contribution in [1.82, 2.24) is 15.8 Å². The summed E-state index contributed by atoms with van der Waals surface area (Å²) in [5, 5.41) is 2.81. The second kappa shape index (κ2) is 9.34. The monoisotopic (exact) mass is 382 g/mol. The van der Waals surface area contributed by atoms with Crippen LogP contribution in [0.2, 0.25) is 0 Å². The minimum Gasteiger partial charge on any atom is -0.497 e. The van der Waals surface area contributed by atoms with Crippen molar-refractivity contribution in [2.24, 2.45) is 0 Å². The molecule has 2 aromatic carbocycles. The fourth-order valence-corrected chi connectivity index (χ4v) is 3.26. The van der Waals surface area contributed by atoms with E-state index in [1.807, 2.05) is 37.3 Å². The first-order valence-corrected chi connectivity index (χ1v) is 9.39. The van der Waals surface area contributed by atoms with Gasteiger partial charge in [-0.15, -0.1) is 0 Å². The van der Waals surface area contributed by atoms with Crippen LogP contribution < -0.4 is 20.9 Å². The molecule has 1 aliphatic heterocycles. The highest BCUT2D eigenvalue weighted by Gasteiger charge is 2.33. The SMILES string of the molecule is CCN(CC(=O)Nc1cccc(OC)c1)C(=O)C1CC(c2ccccc2)NN1. The minimum atomic E-state index is -0.366. The number of hydrogen-bond acceptors (Lipinski definition) is 5. The molecule has 2 aromatic rings. The lowest BCUT2D eigenvalue weighted by Crippen LogP contribution is -2.48. The first-order chi connectivity index (χ1) is 13.6. The number of carbonyl (C=O) groups is 2. The van der Waals surface area contributed by atoms with Crippen molar-refractivity contribution < 1.29 is 14.3 Å². The molecule has 2 amide bonds. The highest BCUT2D eigenvalue weighted by Crippen LogP contribution is 2.23.